The van der Waals surface area contributed by atoms with Gasteiger partial charge in [0.1, 0.15) is 11.5 Å². The van der Waals surface area contributed by atoms with Gasteiger partial charge in [-0.25, -0.2) is 9.37 Å². The highest BCUT2D eigenvalue weighted by atomic mass is 32.2. The van der Waals surface area contributed by atoms with Gasteiger partial charge in [-0.3, -0.25) is 14.8 Å². The number of amides is 1. The van der Waals surface area contributed by atoms with E-state index in [0.29, 0.717) is 29.4 Å². The fraction of sp³-hybridized carbons (Fsp3) is 0.400. The minimum Gasteiger partial charge on any atom is -0.385 e. The van der Waals surface area contributed by atoms with Crippen LogP contribution in [0.3, 0.4) is 0 Å². The van der Waals surface area contributed by atoms with Gasteiger partial charge in [-0.05, 0) is 44.4 Å². The molecule has 0 saturated heterocycles. The van der Waals surface area contributed by atoms with Crippen molar-refractivity contribution < 1.29 is 13.9 Å². The van der Waals surface area contributed by atoms with E-state index < -0.39 is 11.4 Å². The number of hydrogen-bond donors (Lipinski definition) is 2. The third-order valence-electron chi connectivity index (χ3n) is 4.72. The summed E-state index contributed by atoms with van der Waals surface area (Å²) in [5.41, 5.74) is 6.93. The first-order valence-corrected chi connectivity index (χ1v) is 10.3. The molecule has 0 bridgehead atoms. The first kappa shape index (κ1) is 21.2. The zero-order valence-corrected chi connectivity index (χ0v) is 17.3. The molecule has 1 aliphatic heterocycles. The lowest BCUT2D eigenvalue weighted by Gasteiger charge is -2.30. The topological polar surface area (TPSA) is 102 Å². The van der Waals surface area contributed by atoms with E-state index in [0.717, 1.165) is 24.3 Å². The Morgan fingerprint density at radius 2 is 2.21 bits per heavy atom. The molecule has 1 aromatic heterocycles. The van der Waals surface area contributed by atoms with Crippen molar-refractivity contribution in [1.29, 1.82) is 0 Å². The second-order valence-electron chi connectivity index (χ2n) is 6.96. The molecular weight excluding hydrogens is 393 g/mol. The van der Waals surface area contributed by atoms with E-state index in [-0.39, 0.29) is 11.5 Å². The fourth-order valence-electron chi connectivity index (χ4n) is 3.09. The molecule has 3 N–H and O–H groups in total. The molecule has 0 aliphatic carbocycles. The number of carbonyl (C=O) groups excluding carboxylic acids is 1. The van der Waals surface area contributed by atoms with E-state index in [9.17, 15) is 9.18 Å². The number of aliphatic imine (C=N–C) groups is 1. The van der Waals surface area contributed by atoms with Gasteiger partial charge in [0.05, 0.1) is 17.4 Å². The number of halogens is 1. The number of ether oxygens (including phenoxy) is 1. The highest BCUT2D eigenvalue weighted by Gasteiger charge is 2.32. The van der Waals surface area contributed by atoms with E-state index in [2.05, 4.69) is 20.3 Å². The fourth-order valence-corrected chi connectivity index (χ4v) is 4.06. The SMILES string of the molecule is COCCCc1cnc(C(=O)Nc2ccc(F)c([C@]3(C)CCSC(N)=N3)c2)cn1. The number of methoxy groups -OCH3 is 1. The smallest absolute Gasteiger partial charge is 0.275 e. The van der Waals surface area contributed by atoms with Crippen molar-refractivity contribution in [2.75, 3.05) is 24.8 Å². The van der Waals surface area contributed by atoms with Crippen LogP contribution < -0.4 is 11.1 Å². The number of nitrogens with one attached hydrogen (secondary N) is 1. The quantitative estimate of drug-likeness (QED) is 0.671. The Balaban J connectivity index is 1.73. The maximum atomic E-state index is 14.5. The van der Waals surface area contributed by atoms with Crippen LogP contribution in [-0.4, -0.2) is 40.5 Å². The lowest BCUT2D eigenvalue weighted by molar-refractivity contribution is 0.102. The molecule has 29 heavy (non-hydrogen) atoms. The van der Waals surface area contributed by atoms with E-state index in [1.807, 2.05) is 6.92 Å². The maximum Gasteiger partial charge on any atom is 0.275 e. The van der Waals surface area contributed by atoms with Gasteiger partial charge in [-0.2, -0.15) is 0 Å². The van der Waals surface area contributed by atoms with Crippen molar-refractivity contribution in [3.63, 3.8) is 0 Å². The summed E-state index contributed by atoms with van der Waals surface area (Å²) in [6.07, 6.45) is 5.23. The molecule has 7 nitrogen and oxygen atoms in total. The van der Waals surface area contributed by atoms with Crippen LogP contribution in [0, 0.1) is 5.82 Å². The normalized spacial score (nSPS) is 18.9. The molecule has 0 radical (unpaired) electrons. The number of aromatic nitrogens is 2. The minimum absolute atomic E-state index is 0.189. The lowest BCUT2D eigenvalue weighted by Crippen LogP contribution is -2.29. The van der Waals surface area contributed by atoms with Crippen LogP contribution in [0.1, 0.15) is 41.5 Å². The predicted octanol–water partition coefficient (Wildman–Crippen LogP) is 3.11. The van der Waals surface area contributed by atoms with Gasteiger partial charge < -0.3 is 15.8 Å². The Hall–Kier alpha value is -2.52. The van der Waals surface area contributed by atoms with Crippen molar-refractivity contribution in [3.05, 3.63) is 53.4 Å². The van der Waals surface area contributed by atoms with E-state index in [1.54, 1.807) is 19.4 Å². The van der Waals surface area contributed by atoms with Crippen molar-refractivity contribution in [3.8, 4) is 0 Å². The summed E-state index contributed by atoms with van der Waals surface area (Å²) in [5.74, 6) is -0.0335. The summed E-state index contributed by atoms with van der Waals surface area (Å²) < 4.78 is 19.5. The average Bonchev–Trinajstić information content (AvgIpc) is 2.70. The number of nitrogens with zero attached hydrogens (tertiary/aromatic N) is 3. The number of carbonyl (C=O) groups is 1. The van der Waals surface area contributed by atoms with Gasteiger partial charge in [-0.1, -0.05) is 11.8 Å². The Morgan fingerprint density at radius 3 is 2.90 bits per heavy atom. The summed E-state index contributed by atoms with van der Waals surface area (Å²) in [6.45, 7) is 2.49. The first-order chi connectivity index (χ1) is 13.9. The molecule has 2 heterocycles. The molecule has 0 fully saturated rings. The summed E-state index contributed by atoms with van der Waals surface area (Å²) in [7, 11) is 1.65. The molecule has 154 valence electrons. The number of thioether (sulfide) groups is 1. The Bertz CT molecular complexity index is 906. The lowest BCUT2D eigenvalue weighted by atomic mass is 9.89. The molecule has 1 atom stereocenters. The highest BCUT2D eigenvalue weighted by Crippen LogP contribution is 2.37. The van der Waals surface area contributed by atoms with E-state index in [4.69, 9.17) is 10.5 Å². The van der Waals surface area contributed by atoms with Crippen LogP contribution in [0.2, 0.25) is 0 Å². The Kier molecular flexibility index (Phi) is 6.81. The molecule has 0 unspecified atom stereocenters. The zero-order valence-electron chi connectivity index (χ0n) is 16.4. The molecule has 1 amide bonds. The third kappa shape index (κ3) is 5.30. The second kappa shape index (κ2) is 9.32. The number of aryl methyl sites for hydroxylation is 1. The minimum atomic E-state index is -0.760. The van der Waals surface area contributed by atoms with Gasteiger partial charge in [0.15, 0.2) is 5.17 Å². The van der Waals surface area contributed by atoms with Crippen LogP contribution in [0.5, 0.6) is 0 Å². The molecule has 3 rings (SSSR count). The van der Waals surface area contributed by atoms with Gasteiger partial charge >= 0.3 is 0 Å². The first-order valence-electron chi connectivity index (χ1n) is 9.30. The summed E-state index contributed by atoms with van der Waals surface area (Å²) in [4.78, 5) is 25.4. The summed E-state index contributed by atoms with van der Waals surface area (Å²) in [5, 5.41) is 3.19. The zero-order chi connectivity index (χ0) is 20.9. The summed E-state index contributed by atoms with van der Waals surface area (Å²) >= 11 is 1.45. The Labute approximate surface area is 173 Å². The summed E-state index contributed by atoms with van der Waals surface area (Å²) in [6, 6.07) is 4.44. The van der Waals surface area contributed by atoms with Gasteiger partial charge in [-0.15, -0.1) is 0 Å². The average molecular weight is 418 g/mol. The number of nitrogens with two attached hydrogens (primary N) is 1. The molecule has 0 saturated carbocycles. The van der Waals surface area contributed by atoms with Gasteiger partial charge in [0.2, 0.25) is 0 Å². The van der Waals surface area contributed by atoms with Crippen LogP contribution in [-0.2, 0) is 16.7 Å². The Morgan fingerprint density at radius 1 is 1.38 bits per heavy atom. The molecule has 0 spiro atoms. The second-order valence-corrected chi connectivity index (χ2v) is 8.08. The molecule has 1 aromatic carbocycles. The highest BCUT2D eigenvalue weighted by molar-refractivity contribution is 8.13. The van der Waals surface area contributed by atoms with Crippen LogP contribution in [0.15, 0.2) is 35.6 Å². The molecular formula is C20H24FN5O2S. The number of amidine groups is 1. The maximum absolute atomic E-state index is 14.5. The van der Waals surface area contributed by atoms with E-state index >= 15 is 0 Å². The van der Waals surface area contributed by atoms with Crippen molar-refractivity contribution >= 4 is 28.5 Å². The van der Waals surface area contributed by atoms with Gasteiger partial charge in [0.25, 0.3) is 5.91 Å². The largest absolute Gasteiger partial charge is 0.385 e. The van der Waals surface area contributed by atoms with Gasteiger partial charge in [0, 0.05) is 36.9 Å². The van der Waals surface area contributed by atoms with Crippen LogP contribution >= 0.6 is 11.8 Å². The van der Waals surface area contributed by atoms with E-state index in [1.165, 1.54) is 30.1 Å². The number of hydrogen-bond acceptors (Lipinski definition) is 7. The van der Waals surface area contributed by atoms with Crippen molar-refractivity contribution in [1.82, 2.24) is 9.97 Å². The number of rotatable bonds is 7. The van der Waals surface area contributed by atoms with Crippen LogP contribution in [0.25, 0.3) is 0 Å². The number of anilines is 1. The predicted molar refractivity (Wildman–Crippen MR) is 113 cm³/mol. The monoisotopic (exact) mass is 417 g/mol. The number of benzene rings is 1. The third-order valence-corrected chi connectivity index (χ3v) is 5.51. The molecule has 1 aliphatic rings. The standard InChI is InChI=1S/C20H24FN5O2S/c1-20(7-9-29-19(22)26-20)15-10-13(5-6-16(15)21)25-18(27)17-12-23-14(11-24-17)4-3-8-28-2/h5-6,10-12H,3-4,7-9H2,1-2H3,(H2,22,26)(H,25,27)/t20-/m0/s1. The van der Waals surface area contributed by atoms with Crippen molar-refractivity contribution in [2.45, 2.75) is 31.7 Å². The molecule has 9 heteroatoms. The van der Waals surface area contributed by atoms with Crippen molar-refractivity contribution in [2.24, 2.45) is 10.7 Å². The van der Waals surface area contributed by atoms with Crippen LogP contribution in [0.4, 0.5) is 10.1 Å². The molecule has 2 aromatic rings.